The summed E-state index contributed by atoms with van der Waals surface area (Å²) in [5, 5.41) is 12.4. The molecular formula is C25H26N4O5. The van der Waals surface area contributed by atoms with E-state index in [0.29, 0.717) is 0 Å². The van der Waals surface area contributed by atoms with Crippen molar-refractivity contribution in [1.29, 1.82) is 0 Å². The van der Waals surface area contributed by atoms with Gasteiger partial charge in [-0.2, -0.15) is 4.98 Å². The first-order chi connectivity index (χ1) is 16.3. The highest BCUT2D eigenvalue weighted by atomic mass is 16.4. The molecule has 4 N–H and O–H groups in total. The number of benzene rings is 2. The van der Waals surface area contributed by atoms with Crippen molar-refractivity contribution in [3.05, 3.63) is 94.5 Å². The van der Waals surface area contributed by atoms with E-state index in [1.165, 1.54) is 12.3 Å². The Morgan fingerprint density at radius 3 is 2.09 bits per heavy atom. The van der Waals surface area contributed by atoms with E-state index < -0.39 is 35.3 Å². The fraction of sp³-hybridized carbons (Fsp3) is 0.240. The van der Waals surface area contributed by atoms with E-state index in [2.05, 4.69) is 10.3 Å². The zero-order valence-electron chi connectivity index (χ0n) is 18.5. The molecule has 0 saturated heterocycles. The van der Waals surface area contributed by atoms with Gasteiger partial charge in [0, 0.05) is 12.6 Å². The summed E-state index contributed by atoms with van der Waals surface area (Å²) in [5.74, 6) is -2.95. The fourth-order valence-corrected chi connectivity index (χ4v) is 3.58. The lowest BCUT2D eigenvalue weighted by Gasteiger charge is -2.20. The summed E-state index contributed by atoms with van der Waals surface area (Å²) in [6, 6.07) is 18.6. The lowest BCUT2D eigenvalue weighted by molar-refractivity contribution is -0.144. The van der Waals surface area contributed by atoms with Gasteiger partial charge in [0.2, 0.25) is 5.91 Å². The number of nitrogens with two attached hydrogens (primary N) is 1. The predicted molar refractivity (Wildman–Crippen MR) is 126 cm³/mol. The molecule has 3 rings (SSSR count). The number of hydrogen-bond donors (Lipinski definition) is 3. The summed E-state index contributed by atoms with van der Waals surface area (Å²) in [7, 11) is 0. The lowest BCUT2D eigenvalue weighted by Crippen LogP contribution is -2.45. The number of carbonyl (C=O) groups excluding carboxylic acids is 2. The molecule has 0 saturated carbocycles. The normalized spacial score (nSPS) is 12.5. The zero-order chi connectivity index (χ0) is 24.5. The summed E-state index contributed by atoms with van der Waals surface area (Å²) in [5.41, 5.74) is 6.40. The molecule has 34 heavy (non-hydrogen) atoms. The van der Waals surface area contributed by atoms with Gasteiger partial charge < -0.3 is 16.2 Å². The van der Waals surface area contributed by atoms with Crippen LogP contribution in [0.2, 0.25) is 0 Å². The number of rotatable bonds is 11. The Kier molecular flexibility index (Phi) is 8.28. The van der Waals surface area contributed by atoms with Gasteiger partial charge in [-0.25, -0.2) is 4.79 Å². The van der Waals surface area contributed by atoms with Crippen molar-refractivity contribution in [2.24, 2.45) is 5.92 Å². The summed E-state index contributed by atoms with van der Waals surface area (Å²) >= 11 is 0. The average molecular weight is 463 g/mol. The molecule has 176 valence electrons. The molecule has 1 heterocycles. The summed E-state index contributed by atoms with van der Waals surface area (Å²) < 4.78 is 1.07. The van der Waals surface area contributed by atoms with Gasteiger partial charge in [0.25, 0.3) is 0 Å². The molecule has 0 fully saturated rings. The monoisotopic (exact) mass is 462 g/mol. The fourth-order valence-electron chi connectivity index (χ4n) is 3.58. The van der Waals surface area contributed by atoms with Crippen LogP contribution in [-0.2, 0) is 33.8 Å². The van der Waals surface area contributed by atoms with E-state index in [1.54, 1.807) is 0 Å². The molecule has 0 aliphatic carbocycles. The van der Waals surface area contributed by atoms with E-state index in [1.807, 2.05) is 60.7 Å². The molecule has 2 atom stereocenters. The van der Waals surface area contributed by atoms with Gasteiger partial charge in [-0.15, -0.1) is 0 Å². The number of nitrogen functional groups attached to an aromatic ring is 1. The largest absolute Gasteiger partial charge is 0.481 e. The molecule has 0 bridgehead atoms. The Hall–Kier alpha value is -4.27. The van der Waals surface area contributed by atoms with E-state index in [9.17, 15) is 24.3 Å². The van der Waals surface area contributed by atoms with Crippen LogP contribution in [0.5, 0.6) is 0 Å². The SMILES string of the molecule is Nc1ccn(CC(=O)NC(Cc2ccccc2)C(=O)CC(Cc2ccccc2)C(=O)O)c(=O)n1. The van der Waals surface area contributed by atoms with Crippen molar-refractivity contribution in [3.8, 4) is 0 Å². The minimum absolute atomic E-state index is 0.0388. The number of carboxylic acid groups (broad SMARTS) is 1. The number of amides is 1. The van der Waals surface area contributed by atoms with Crippen LogP contribution in [0.15, 0.2) is 77.7 Å². The minimum Gasteiger partial charge on any atom is -0.481 e. The summed E-state index contributed by atoms with van der Waals surface area (Å²) in [6.45, 7) is -0.350. The van der Waals surface area contributed by atoms with Gasteiger partial charge in [-0.3, -0.25) is 19.0 Å². The van der Waals surface area contributed by atoms with Crippen molar-refractivity contribution >= 4 is 23.5 Å². The quantitative estimate of drug-likeness (QED) is 0.391. The van der Waals surface area contributed by atoms with Crippen LogP contribution < -0.4 is 16.7 Å². The number of Topliss-reactive ketones (excluding diaryl/α,β-unsaturated/α-hetero) is 1. The van der Waals surface area contributed by atoms with Crippen molar-refractivity contribution in [2.75, 3.05) is 5.73 Å². The third-order valence-electron chi connectivity index (χ3n) is 5.34. The van der Waals surface area contributed by atoms with Crippen LogP contribution in [-0.4, -0.2) is 38.4 Å². The minimum atomic E-state index is -1.08. The standard InChI is InChI=1S/C25H26N4O5/c26-22-11-12-29(25(34)28-22)16-23(31)27-20(14-18-9-5-2-6-10-18)21(30)15-19(24(32)33)13-17-7-3-1-4-8-17/h1-12,19-20H,13-16H2,(H,27,31)(H,32,33)(H2,26,28,34). The molecule has 9 heteroatoms. The molecule has 0 radical (unpaired) electrons. The Labute approximate surface area is 196 Å². The highest BCUT2D eigenvalue weighted by molar-refractivity contribution is 5.91. The average Bonchev–Trinajstić information content (AvgIpc) is 2.81. The molecule has 0 aliphatic heterocycles. The second kappa shape index (κ2) is 11.6. The highest BCUT2D eigenvalue weighted by Gasteiger charge is 2.28. The maximum atomic E-state index is 13.2. The van der Waals surface area contributed by atoms with Crippen LogP contribution in [0.1, 0.15) is 17.5 Å². The Morgan fingerprint density at radius 1 is 0.941 bits per heavy atom. The first-order valence-corrected chi connectivity index (χ1v) is 10.8. The predicted octanol–water partition coefficient (Wildman–Crippen LogP) is 1.46. The second-order valence-electron chi connectivity index (χ2n) is 7.97. The number of anilines is 1. The Balaban J connectivity index is 1.75. The summed E-state index contributed by atoms with van der Waals surface area (Å²) in [4.78, 5) is 53.2. The van der Waals surface area contributed by atoms with Crippen molar-refractivity contribution in [2.45, 2.75) is 31.8 Å². The molecule has 1 aromatic heterocycles. The molecule has 1 amide bonds. The van der Waals surface area contributed by atoms with E-state index in [4.69, 9.17) is 5.73 Å². The highest BCUT2D eigenvalue weighted by Crippen LogP contribution is 2.16. The number of nitrogens with one attached hydrogen (secondary N) is 1. The van der Waals surface area contributed by atoms with Crippen LogP contribution >= 0.6 is 0 Å². The second-order valence-corrected chi connectivity index (χ2v) is 7.97. The van der Waals surface area contributed by atoms with Crippen LogP contribution in [0.25, 0.3) is 0 Å². The van der Waals surface area contributed by atoms with E-state index in [-0.39, 0.29) is 31.6 Å². The van der Waals surface area contributed by atoms with Gasteiger partial charge in [0.05, 0.1) is 12.0 Å². The maximum absolute atomic E-state index is 13.2. The Bertz CT molecular complexity index is 1190. The molecule has 0 spiro atoms. The third kappa shape index (κ3) is 7.13. The first-order valence-electron chi connectivity index (χ1n) is 10.8. The van der Waals surface area contributed by atoms with Gasteiger partial charge in [-0.05, 0) is 30.0 Å². The van der Waals surface area contributed by atoms with Gasteiger partial charge >= 0.3 is 11.7 Å². The Morgan fingerprint density at radius 2 is 1.53 bits per heavy atom. The van der Waals surface area contributed by atoms with Gasteiger partial charge in [-0.1, -0.05) is 60.7 Å². The van der Waals surface area contributed by atoms with E-state index in [0.717, 1.165) is 15.7 Å². The molecule has 3 aromatic rings. The van der Waals surface area contributed by atoms with Crippen LogP contribution in [0.3, 0.4) is 0 Å². The summed E-state index contributed by atoms with van der Waals surface area (Å²) in [6.07, 6.45) is 1.49. The smallest absolute Gasteiger partial charge is 0.349 e. The number of aliphatic carboxylic acids is 1. The van der Waals surface area contributed by atoms with Gasteiger partial charge in [0.1, 0.15) is 12.4 Å². The van der Waals surface area contributed by atoms with Crippen molar-refractivity contribution < 1.29 is 19.5 Å². The van der Waals surface area contributed by atoms with Gasteiger partial charge in [0.15, 0.2) is 5.78 Å². The lowest BCUT2D eigenvalue weighted by atomic mass is 9.90. The third-order valence-corrected chi connectivity index (χ3v) is 5.34. The molecule has 0 aliphatic rings. The maximum Gasteiger partial charge on any atom is 0.349 e. The topological polar surface area (TPSA) is 144 Å². The molecule has 2 aromatic carbocycles. The number of nitrogens with zero attached hydrogens (tertiary/aromatic N) is 2. The molecule has 2 unspecified atom stereocenters. The number of carboxylic acids is 1. The van der Waals surface area contributed by atoms with E-state index >= 15 is 0 Å². The number of carbonyl (C=O) groups is 3. The zero-order valence-corrected chi connectivity index (χ0v) is 18.5. The number of aromatic nitrogens is 2. The van der Waals surface area contributed by atoms with Crippen LogP contribution in [0, 0.1) is 5.92 Å². The molecular weight excluding hydrogens is 436 g/mol. The van der Waals surface area contributed by atoms with Crippen molar-refractivity contribution in [1.82, 2.24) is 14.9 Å². The number of hydrogen-bond acceptors (Lipinski definition) is 6. The number of ketones is 1. The van der Waals surface area contributed by atoms with Crippen molar-refractivity contribution in [3.63, 3.8) is 0 Å². The first kappa shape index (κ1) is 24.4. The molecule has 9 nitrogen and oxygen atoms in total. The van der Waals surface area contributed by atoms with Crippen LogP contribution in [0.4, 0.5) is 5.82 Å².